The van der Waals surface area contributed by atoms with Crippen LogP contribution in [-0.2, 0) is 23.9 Å². The standard InChI is InChI=1S/C25H24F3NO3.CH2O2/c1-4-15-11-12-20(19(13-15)25(26,27)28)29-14-18-21(24(29)30)23(32-6-3)17-10-8-7-9-16(17)22(18)31-5-2;2-1-3/h7-13H,4-6,14H2,1-3H3;1H,(H,2,3). The Morgan fingerprint density at radius 2 is 1.57 bits per heavy atom. The van der Waals surface area contributed by atoms with Gasteiger partial charge in [0.2, 0.25) is 0 Å². The van der Waals surface area contributed by atoms with Crippen LogP contribution in [0.1, 0.15) is 47.8 Å². The Bertz CT molecular complexity index is 1240. The van der Waals surface area contributed by atoms with E-state index in [-0.39, 0.29) is 24.3 Å². The highest BCUT2D eigenvalue weighted by Gasteiger charge is 2.41. The van der Waals surface area contributed by atoms with Gasteiger partial charge in [0.15, 0.2) is 0 Å². The third-order valence-electron chi connectivity index (χ3n) is 5.64. The van der Waals surface area contributed by atoms with Crippen molar-refractivity contribution in [3.05, 3.63) is 64.7 Å². The quantitative estimate of drug-likeness (QED) is 0.425. The van der Waals surface area contributed by atoms with Crippen molar-refractivity contribution < 1.29 is 37.3 Å². The van der Waals surface area contributed by atoms with Crippen molar-refractivity contribution in [2.75, 3.05) is 18.1 Å². The van der Waals surface area contributed by atoms with Crippen LogP contribution < -0.4 is 14.4 Å². The second-order valence-electron chi connectivity index (χ2n) is 7.62. The Balaban J connectivity index is 0.00000108. The van der Waals surface area contributed by atoms with E-state index in [0.717, 1.165) is 11.5 Å². The number of carbonyl (C=O) groups excluding carboxylic acids is 1. The molecule has 1 heterocycles. The number of benzene rings is 3. The Hall–Kier alpha value is -3.75. The molecule has 0 atom stereocenters. The highest BCUT2D eigenvalue weighted by molar-refractivity contribution is 6.17. The second-order valence-corrected chi connectivity index (χ2v) is 7.62. The zero-order chi connectivity index (χ0) is 25.8. The molecule has 9 heteroatoms. The Kier molecular flexibility index (Phi) is 7.89. The number of carbonyl (C=O) groups is 2. The summed E-state index contributed by atoms with van der Waals surface area (Å²) in [6.07, 6.45) is -4.13. The van der Waals surface area contributed by atoms with Gasteiger partial charge >= 0.3 is 6.18 Å². The molecule has 0 aliphatic carbocycles. The lowest BCUT2D eigenvalue weighted by Crippen LogP contribution is -2.26. The first-order valence-corrected chi connectivity index (χ1v) is 11.2. The van der Waals surface area contributed by atoms with E-state index in [0.29, 0.717) is 47.6 Å². The van der Waals surface area contributed by atoms with Crippen LogP contribution in [0.15, 0.2) is 42.5 Å². The lowest BCUT2D eigenvalue weighted by atomic mass is 9.99. The molecule has 0 saturated heterocycles. The highest BCUT2D eigenvalue weighted by Crippen LogP contribution is 2.48. The molecular formula is C26H26F3NO5. The van der Waals surface area contributed by atoms with Crippen molar-refractivity contribution in [3.8, 4) is 11.5 Å². The fourth-order valence-corrected chi connectivity index (χ4v) is 4.23. The molecule has 186 valence electrons. The van der Waals surface area contributed by atoms with E-state index in [1.165, 1.54) is 11.0 Å². The molecule has 1 amide bonds. The monoisotopic (exact) mass is 489 g/mol. The average Bonchev–Trinajstić information content (AvgIpc) is 3.17. The van der Waals surface area contributed by atoms with Gasteiger partial charge in [0, 0.05) is 16.3 Å². The van der Waals surface area contributed by atoms with Crippen LogP contribution in [0, 0.1) is 0 Å². The first kappa shape index (κ1) is 25.9. The summed E-state index contributed by atoms with van der Waals surface area (Å²) in [5.74, 6) is 0.369. The highest BCUT2D eigenvalue weighted by atomic mass is 19.4. The van der Waals surface area contributed by atoms with Gasteiger partial charge in [-0.15, -0.1) is 0 Å². The van der Waals surface area contributed by atoms with Crippen LogP contribution in [0.4, 0.5) is 18.9 Å². The number of hydrogen-bond acceptors (Lipinski definition) is 4. The number of nitrogens with zero attached hydrogens (tertiary/aromatic N) is 1. The number of carboxylic acid groups (broad SMARTS) is 1. The lowest BCUT2D eigenvalue weighted by Gasteiger charge is -2.22. The molecule has 0 unspecified atom stereocenters. The molecule has 0 fully saturated rings. The molecule has 0 saturated carbocycles. The van der Waals surface area contributed by atoms with Crippen molar-refractivity contribution in [2.45, 2.75) is 39.9 Å². The smallest absolute Gasteiger partial charge is 0.418 e. The fraction of sp³-hybridized carbons (Fsp3) is 0.308. The second kappa shape index (κ2) is 10.7. The van der Waals surface area contributed by atoms with Gasteiger partial charge in [-0.3, -0.25) is 9.59 Å². The van der Waals surface area contributed by atoms with Gasteiger partial charge in [0.05, 0.1) is 36.6 Å². The number of aryl methyl sites for hydroxylation is 1. The Labute approximate surface area is 200 Å². The summed E-state index contributed by atoms with van der Waals surface area (Å²) >= 11 is 0. The number of hydrogen-bond donors (Lipinski definition) is 1. The number of alkyl halides is 3. The van der Waals surface area contributed by atoms with Crippen molar-refractivity contribution in [1.29, 1.82) is 0 Å². The van der Waals surface area contributed by atoms with Crippen LogP contribution >= 0.6 is 0 Å². The predicted molar refractivity (Wildman–Crippen MR) is 126 cm³/mol. The zero-order valence-corrected chi connectivity index (χ0v) is 19.6. The van der Waals surface area contributed by atoms with E-state index in [9.17, 15) is 18.0 Å². The van der Waals surface area contributed by atoms with E-state index >= 15 is 0 Å². The molecule has 3 aromatic carbocycles. The fourth-order valence-electron chi connectivity index (χ4n) is 4.23. The maximum Gasteiger partial charge on any atom is 0.418 e. The van der Waals surface area contributed by atoms with Crippen LogP contribution in [0.5, 0.6) is 11.5 Å². The van der Waals surface area contributed by atoms with Crippen LogP contribution in [-0.4, -0.2) is 30.7 Å². The number of anilines is 1. The molecule has 1 aliphatic rings. The number of rotatable bonds is 6. The third kappa shape index (κ3) is 4.89. The summed E-state index contributed by atoms with van der Waals surface area (Å²) in [5, 5.41) is 8.35. The summed E-state index contributed by atoms with van der Waals surface area (Å²) in [6, 6.07) is 11.5. The van der Waals surface area contributed by atoms with Crippen LogP contribution in [0.3, 0.4) is 0 Å². The topological polar surface area (TPSA) is 76.1 Å². The summed E-state index contributed by atoms with van der Waals surface area (Å²) in [6.45, 7) is 5.83. The summed E-state index contributed by atoms with van der Waals surface area (Å²) in [4.78, 5) is 23.1. The molecule has 1 aliphatic heterocycles. The molecular weight excluding hydrogens is 463 g/mol. The van der Waals surface area contributed by atoms with Gasteiger partial charge in [-0.25, -0.2) is 0 Å². The van der Waals surface area contributed by atoms with Crippen molar-refractivity contribution in [2.24, 2.45) is 0 Å². The molecule has 0 bridgehead atoms. The van der Waals surface area contributed by atoms with E-state index < -0.39 is 17.6 Å². The number of amides is 1. The Morgan fingerprint density at radius 1 is 1.00 bits per heavy atom. The maximum absolute atomic E-state index is 13.9. The minimum atomic E-state index is -4.59. The molecule has 0 spiro atoms. The van der Waals surface area contributed by atoms with E-state index in [4.69, 9.17) is 19.4 Å². The van der Waals surface area contributed by atoms with E-state index in [1.807, 2.05) is 31.2 Å². The minimum Gasteiger partial charge on any atom is -0.493 e. The first-order valence-electron chi connectivity index (χ1n) is 11.2. The van der Waals surface area contributed by atoms with Gasteiger partial charge in [-0.1, -0.05) is 37.3 Å². The normalized spacial score (nSPS) is 12.7. The molecule has 1 N–H and O–H groups in total. The molecule has 0 aromatic heterocycles. The third-order valence-corrected chi connectivity index (χ3v) is 5.64. The van der Waals surface area contributed by atoms with Gasteiger partial charge in [-0.05, 0) is 38.0 Å². The molecule has 4 rings (SSSR count). The average molecular weight is 489 g/mol. The zero-order valence-electron chi connectivity index (χ0n) is 19.6. The SMILES string of the molecule is CCOc1c2c(c(OCC)c3ccccc13)C(=O)N(c1ccc(CC)cc1C(F)(F)F)C2.O=CO. The van der Waals surface area contributed by atoms with Gasteiger partial charge in [0.25, 0.3) is 12.4 Å². The lowest BCUT2D eigenvalue weighted by molar-refractivity contribution is -0.137. The van der Waals surface area contributed by atoms with Gasteiger partial charge in [-0.2, -0.15) is 13.2 Å². The minimum absolute atomic E-state index is 0.0248. The van der Waals surface area contributed by atoms with Crippen LogP contribution in [0.2, 0.25) is 0 Å². The Morgan fingerprint density at radius 3 is 2.11 bits per heavy atom. The molecule has 35 heavy (non-hydrogen) atoms. The summed E-state index contributed by atoms with van der Waals surface area (Å²) in [7, 11) is 0. The summed E-state index contributed by atoms with van der Waals surface area (Å²) in [5.41, 5.74) is 0.387. The summed E-state index contributed by atoms with van der Waals surface area (Å²) < 4.78 is 53.5. The predicted octanol–water partition coefficient (Wildman–Crippen LogP) is 6.08. The van der Waals surface area contributed by atoms with Gasteiger partial charge in [0.1, 0.15) is 11.5 Å². The van der Waals surface area contributed by atoms with E-state index in [1.54, 1.807) is 19.9 Å². The molecule has 0 radical (unpaired) electrons. The first-order chi connectivity index (χ1) is 16.7. The van der Waals surface area contributed by atoms with E-state index in [2.05, 4.69) is 0 Å². The molecule has 6 nitrogen and oxygen atoms in total. The maximum atomic E-state index is 13.9. The van der Waals surface area contributed by atoms with Crippen molar-refractivity contribution in [3.63, 3.8) is 0 Å². The van der Waals surface area contributed by atoms with Gasteiger partial charge < -0.3 is 19.5 Å². The van der Waals surface area contributed by atoms with Crippen molar-refractivity contribution >= 4 is 28.8 Å². The number of halogens is 3. The molecule has 3 aromatic rings. The van der Waals surface area contributed by atoms with Crippen LogP contribution in [0.25, 0.3) is 10.8 Å². The largest absolute Gasteiger partial charge is 0.493 e. The number of ether oxygens (including phenoxy) is 2. The van der Waals surface area contributed by atoms with Crippen molar-refractivity contribution in [1.82, 2.24) is 0 Å². The number of fused-ring (bicyclic) bond motifs is 2.